The molecule has 0 unspecified atom stereocenters. The number of hydrogen-bond acceptors (Lipinski definition) is 2. The standard InChI is InChI=1S/C24H25F2N3O/c25-17-4-7-19(8-5-17)29-22-9-6-18(26)15-20(22)21-16-27(12-10-23(21)29)13-14-28-11-2-1-3-24(28)30/h4-9,15H,1-3,10-14,16H2. The predicted molar refractivity (Wildman–Crippen MR) is 113 cm³/mol. The van der Waals surface area contributed by atoms with Gasteiger partial charge in [0, 0.05) is 62.3 Å². The van der Waals surface area contributed by atoms with E-state index in [9.17, 15) is 13.6 Å². The van der Waals surface area contributed by atoms with Crippen LogP contribution in [0.2, 0.25) is 0 Å². The van der Waals surface area contributed by atoms with Crippen LogP contribution in [0.25, 0.3) is 16.6 Å². The summed E-state index contributed by atoms with van der Waals surface area (Å²) in [4.78, 5) is 16.4. The van der Waals surface area contributed by atoms with Gasteiger partial charge in [0.05, 0.1) is 5.52 Å². The highest BCUT2D eigenvalue weighted by Gasteiger charge is 2.26. The molecule has 5 rings (SSSR count). The van der Waals surface area contributed by atoms with Crippen LogP contribution < -0.4 is 0 Å². The lowest BCUT2D eigenvalue weighted by Gasteiger charge is -2.32. The van der Waals surface area contributed by atoms with Crippen molar-refractivity contribution in [1.29, 1.82) is 0 Å². The van der Waals surface area contributed by atoms with Gasteiger partial charge in [-0.1, -0.05) is 0 Å². The number of amides is 1. The summed E-state index contributed by atoms with van der Waals surface area (Å²) in [6.07, 6.45) is 3.57. The van der Waals surface area contributed by atoms with Gasteiger partial charge in [0.25, 0.3) is 0 Å². The van der Waals surface area contributed by atoms with E-state index in [0.29, 0.717) is 6.42 Å². The molecule has 3 aromatic rings. The van der Waals surface area contributed by atoms with E-state index in [1.165, 1.54) is 18.2 Å². The average molecular weight is 409 g/mol. The molecule has 1 saturated heterocycles. The maximum Gasteiger partial charge on any atom is 0.222 e. The van der Waals surface area contributed by atoms with Gasteiger partial charge in [0.1, 0.15) is 11.6 Å². The van der Waals surface area contributed by atoms with Crippen LogP contribution in [0.4, 0.5) is 8.78 Å². The molecule has 0 N–H and O–H groups in total. The summed E-state index contributed by atoms with van der Waals surface area (Å²) in [5, 5.41) is 0.910. The highest BCUT2D eigenvalue weighted by molar-refractivity contribution is 5.87. The topological polar surface area (TPSA) is 28.5 Å². The monoisotopic (exact) mass is 409 g/mol. The van der Waals surface area contributed by atoms with E-state index in [2.05, 4.69) is 9.47 Å². The first-order chi connectivity index (χ1) is 14.6. The third-order valence-corrected chi connectivity index (χ3v) is 6.38. The molecule has 2 aliphatic heterocycles. The molecule has 2 aromatic carbocycles. The first-order valence-corrected chi connectivity index (χ1v) is 10.7. The van der Waals surface area contributed by atoms with Gasteiger partial charge in [-0.3, -0.25) is 9.69 Å². The van der Waals surface area contributed by atoms with E-state index < -0.39 is 0 Å². The third-order valence-electron chi connectivity index (χ3n) is 6.38. The number of benzene rings is 2. The molecule has 1 aromatic heterocycles. The number of hydrogen-bond donors (Lipinski definition) is 0. The maximum atomic E-state index is 14.1. The van der Waals surface area contributed by atoms with Crippen LogP contribution in [0.15, 0.2) is 42.5 Å². The number of rotatable bonds is 4. The second kappa shape index (κ2) is 7.84. The fourth-order valence-corrected chi connectivity index (χ4v) is 4.82. The van der Waals surface area contributed by atoms with E-state index in [1.807, 2.05) is 11.0 Å². The average Bonchev–Trinajstić information content (AvgIpc) is 3.07. The van der Waals surface area contributed by atoms with Gasteiger partial charge in [0.15, 0.2) is 0 Å². The van der Waals surface area contributed by atoms with Gasteiger partial charge in [0.2, 0.25) is 5.91 Å². The SMILES string of the molecule is O=C1CCCCN1CCN1CCc2c(c3cc(F)ccc3n2-c2ccc(F)cc2)C1. The van der Waals surface area contributed by atoms with E-state index in [1.54, 1.807) is 18.2 Å². The molecule has 0 bridgehead atoms. The van der Waals surface area contributed by atoms with Gasteiger partial charge in [-0.15, -0.1) is 0 Å². The predicted octanol–water partition coefficient (Wildman–Crippen LogP) is 4.28. The second-order valence-corrected chi connectivity index (χ2v) is 8.26. The number of carbonyl (C=O) groups is 1. The number of carbonyl (C=O) groups excluding carboxylic acids is 1. The van der Waals surface area contributed by atoms with Crippen LogP contribution in [0.1, 0.15) is 30.5 Å². The van der Waals surface area contributed by atoms with Crippen LogP contribution >= 0.6 is 0 Å². The molecule has 0 saturated carbocycles. The summed E-state index contributed by atoms with van der Waals surface area (Å²) >= 11 is 0. The lowest BCUT2D eigenvalue weighted by Crippen LogP contribution is -2.42. The minimum Gasteiger partial charge on any atom is -0.341 e. The Labute approximate surface area is 174 Å². The van der Waals surface area contributed by atoms with Gasteiger partial charge < -0.3 is 9.47 Å². The van der Waals surface area contributed by atoms with Crippen LogP contribution in [-0.2, 0) is 17.8 Å². The van der Waals surface area contributed by atoms with Crippen molar-refractivity contribution in [1.82, 2.24) is 14.4 Å². The number of piperidine rings is 1. The van der Waals surface area contributed by atoms with Crippen molar-refractivity contribution >= 4 is 16.8 Å². The van der Waals surface area contributed by atoms with E-state index >= 15 is 0 Å². The summed E-state index contributed by atoms with van der Waals surface area (Å²) in [7, 11) is 0. The molecule has 0 spiro atoms. The van der Waals surface area contributed by atoms with Crippen LogP contribution in [0.3, 0.4) is 0 Å². The maximum absolute atomic E-state index is 14.1. The number of fused-ring (bicyclic) bond motifs is 3. The van der Waals surface area contributed by atoms with Crippen molar-refractivity contribution in [2.24, 2.45) is 0 Å². The molecule has 1 amide bonds. The number of likely N-dealkylation sites (tertiary alicyclic amines) is 1. The van der Waals surface area contributed by atoms with E-state index in [0.717, 1.165) is 79.8 Å². The third kappa shape index (κ3) is 3.49. The van der Waals surface area contributed by atoms with Crippen molar-refractivity contribution in [2.45, 2.75) is 32.2 Å². The van der Waals surface area contributed by atoms with Crippen molar-refractivity contribution in [3.8, 4) is 5.69 Å². The van der Waals surface area contributed by atoms with Gasteiger partial charge >= 0.3 is 0 Å². The highest BCUT2D eigenvalue weighted by Crippen LogP contribution is 2.34. The minimum absolute atomic E-state index is 0.252. The molecule has 1 fully saturated rings. The lowest BCUT2D eigenvalue weighted by molar-refractivity contribution is -0.133. The Morgan fingerprint density at radius 2 is 1.67 bits per heavy atom. The van der Waals surface area contributed by atoms with Gasteiger partial charge in [-0.2, -0.15) is 0 Å². The molecule has 156 valence electrons. The first-order valence-electron chi connectivity index (χ1n) is 10.7. The fraction of sp³-hybridized carbons (Fsp3) is 0.375. The molecule has 4 nitrogen and oxygen atoms in total. The Kier molecular flexibility index (Phi) is 5.03. The van der Waals surface area contributed by atoms with Crippen molar-refractivity contribution in [3.63, 3.8) is 0 Å². The molecule has 6 heteroatoms. The summed E-state index contributed by atoms with van der Waals surface area (Å²) in [6, 6.07) is 11.4. The van der Waals surface area contributed by atoms with Crippen molar-refractivity contribution in [3.05, 3.63) is 65.4 Å². The molecule has 0 radical (unpaired) electrons. The Balaban J connectivity index is 1.45. The van der Waals surface area contributed by atoms with E-state index in [-0.39, 0.29) is 17.5 Å². The zero-order chi connectivity index (χ0) is 20.7. The Morgan fingerprint density at radius 3 is 2.47 bits per heavy atom. The highest BCUT2D eigenvalue weighted by atomic mass is 19.1. The molecule has 30 heavy (non-hydrogen) atoms. The summed E-state index contributed by atoms with van der Waals surface area (Å²) in [5.41, 5.74) is 4.13. The van der Waals surface area contributed by atoms with Gasteiger partial charge in [-0.05, 0) is 60.9 Å². The summed E-state index contributed by atoms with van der Waals surface area (Å²) < 4.78 is 29.7. The summed E-state index contributed by atoms with van der Waals surface area (Å²) in [6.45, 7) is 4.04. The van der Waals surface area contributed by atoms with Gasteiger partial charge in [-0.25, -0.2) is 8.78 Å². The molecular weight excluding hydrogens is 384 g/mol. The fourth-order valence-electron chi connectivity index (χ4n) is 4.82. The smallest absolute Gasteiger partial charge is 0.222 e. The Hall–Kier alpha value is -2.73. The molecule has 0 aliphatic carbocycles. The minimum atomic E-state index is -0.270. The largest absolute Gasteiger partial charge is 0.341 e. The Bertz CT molecular complexity index is 1090. The van der Waals surface area contributed by atoms with Crippen molar-refractivity contribution in [2.75, 3.05) is 26.2 Å². The zero-order valence-corrected chi connectivity index (χ0v) is 16.9. The molecule has 2 aliphatic rings. The van der Waals surface area contributed by atoms with Crippen LogP contribution in [0, 0.1) is 11.6 Å². The number of halogens is 2. The molecule has 0 atom stereocenters. The quantitative estimate of drug-likeness (QED) is 0.644. The lowest BCUT2D eigenvalue weighted by atomic mass is 10.0. The summed E-state index contributed by atoms with van der Waals surface area (Å²) in [5.74, 6) is -0.264. The zero-order valence-electron chi connectivity index (χ0n) is 16.9. The van der Waals surface area contributed by atoms with E-state index in [4.69, 9.17) is 0 Å². The second-order valence-electron chi connectivity index (χ2n) is 8.26. The van der Waals surface area contributed by atoms with Crippen LogP contribution in [0.5, 0.6) is 0 Å². The first kappa shape index (κ1) is 19.2. The number of aromatic nitrogens is 1. The normalized spacial score (nSPS) is 17.5. The number of nitrogens with zero attached hydrogens (tertiary/aromatic N) is 3. The Morgan fingerprint density at radius 1 is 0.867 bits per heavy atom. The van der Waals surface area contributed by atoms with Crippen molar-refractivity contribution < 1.29 is 13.6 Å². The van der Waals surface area contributed by atoms with Crippen LogP contribution in [-0.4, -0.2) is 46.5 Å². The molecular formula is C24H25F2N3O. The molecule has 3 heterocycles.